The van der Waals surface area contributed by atoms with Crippen LogP contribution in [-0.2, 0) is 4.74 Å². The number of ether oxygens (including phenoxy) is 1. The van der Waals surface area contributed by atoms with Gasteiger partial charge in [-0.25, -0.2) is 4.79 Å². The summed E-state index contributed by atoms with van der Waals surface area (Å²) in [6, 6.07) is 1.73. The van der Waals surface area contributed by atoms with E-state index in [1.807, 2.05) is 20.8 Å². The quantitative estimate of drug-likeness (QED) is 0.759. The number of rotatable bonds is 5. The number of nitrogens with zero attached hydrogens (tertiary/aromatic N) is 1. The van der Waals surface area contributed by atoms with E-state index < -0.39 is 17.2 Å². The van der Waals surface area contributed by atoms with Crippen LogP contribution in [0.4, 0.5) is 4.79 Å². The van der Waals surface area contributed by atoms with Crippen molar-refractivity contribution in [3.63, 3.8) is 0 Å². The highest BCUT2D eigenvalue weighted by molar-refractivity contribution is 5.92. The highest BCUT2D eigenvalue weighted by atomic mass is 16.6. The molecule has 150 valence electrons. The Kier molecular flexibility index (Phi) is 5.77. The molecule has 7 nitrogen and oxygen atoms in total. The van der Waals surface area contributed by atoms with Crippen LogP contribution in [0.1, 0.15) is 94.3 Å². The number of hydrogen-bond donors (Lipinski definition) is 2. The van der Waals surface area contributed by atoms with Crippen molar-refractivity contribution in [1.29, 1.82) is 0 Å². The molecule has 3 rings (SSSR count). The van der Waals surface area contributed by atoms with Gasteiger partial charge < -0.3 is 19.9 Å². The fraction of sp³-hybridized carbons (Fsp3) is 0.750. The molecule has 1 aromatic heterocycles. The second-order valence-electron chi connectivity index (χ2n) is 8.89. The number of carbonyl (C=O) groups is 2. The van der Waals surface area contributed by atoms with E-state index >= 15 is 0 Å². The van der Waals surface area contributed by atoms with Crippen molar-refractivity contribution in [2.45, 2.75) is 89.2 Å². The molecule has 0 atom stereocenters. The minimum Gasteiger partial charge on any atom is -0.444 e. The fourth-order valence-corrected chi connectivity index (χ4v) is 3.57. The Morgan fingerprint density at radius 3 is 2.48 bits per heavy atom. The third-order valence-corrected chi connectivity index (χ3v) is 5.15. The van der Waals surface area contributed by atoms with Gasteiger partial charge in [-0.2, -0.15) is 0 Å². The summed E-state index contributed by atoms with van der Waals surface area (Å²) in [5.74, 6) is 0.942. The van der Waals surface area contributed by atoms with Gasteiger partial charge in [-0.3, -0.25) is 4.79 Å². The summed E-state index contributed by atoms with van der Waals surface area (Å²) in [4.78, 5) is 24.9. The highest BCUT2D eigenvalue weighted by Crippen LogP contribution is 2.40. The van der Waals surface area contributed by atoms with Gasteiger partial charge in [0.2, 0.25) is 0 Å². The molecule has 0 aromatic carbocycles. The lowest BCUT2D eigenvalue weighted by Gasteiger charge is -2.35. The van der Waals surface area contributed by atoms with E-state index in [-0.39, 0.29) is 5.91 Å². The summed E-state index contributed by atoms with van der Waals surface area (Å²) in [6.45, 7) is 5.89. The minimum atomic E-state index is -0.556. The molecular formula is C20H31N3O4. The SMILES string of the molecule is CC(C)(C)OC(=O)NC1(CNC(=O)c2cc(C3CC3)on2)CCCCCC1. The maximum Gasteiger partial charge on any atom is 0.408 e. The van der Waals surface area contributed by atoms with E-state index in [1.54, 1.807) is 6.07 Å². The Labute approximate surface area is 160 Å². The summed E-state index contributed by atoms with van der Waals surface area (Å²) >= 11 is 0. The smallest absolute Gasteiger partial charge is 0.408 e. The van der Waals surface area contributed by atoms with E-state index in [0.717, 1.165) is 57.1 Å². The predicted octanol–water partition coefficient (Wildman–Crippen LogP) is 3.90. The van der Waals surface area contributed by atoms with E-state index in [2.05, 4.69) is 15.8 Å². The van der Waals surface area contributed by atoms with Crippen molar-refractivity contribution in [1.82, 2.24) is 15.8 Å². The maximum absolute atomic E-state index is 12.5. The van der Waals surface area contributed by atoms with Gasteiger partial charge in [0.25, 0.3) is 5.91 Å². The summed E-state index contributed by atoms with van der Waals surface area (Å²) in [5.41, 5.74) is -0.741. The van der Waals surface area contributed by atoms with Crippen LogP contribution in [0.3, 0.4) is 0 Å². The van der Waals surface area contributed by atoms with Crippen molar-refractivity contribution < 1.29 is 18.8 Å². The summed E-state index contributed by atoms with van der Waals surface area (Å²) in [6.07, 6.45) is 7.70. The lowest BCUT2D eigenvalue weighted by molar-refractivity contribution is 0.0437. The van der Waals surface area contributed by atoms with Crippen LogP contribution in [0.5, 0.6) is 0 Å². The standard InChI is InChI=1S/C20H31N3O4/c1-19(2,3)26-18(25)22-20(10-6-4-5-7-11-20)13-21-17(24)15-12-16(27-23-15)14-8-9-14/h12,14H,4-11,13H2,1-3H3,(H,21,24)(H,22,25). The highest BCUT2D eigenvalue weighted by Gasteiger charge is 2.35. The zero-order chi connectivity index (χ0) is 19.5. The van der Waals surface area contributed by atoms with Gasteiger partial charge in [-0.15, -0.1) is 0 Å². The van der Waals surface area contributed by atoms with E-state index in [1.165, 1.54) is 0 Å². The van der Waals surface area contributed by atoms with Crippen LogP contribution in [0.25, 0.3) is 0 Å². The number of alkyl carbamates (subject to hydrolysis) is 1. The lowest BCUT2D eigenvalue weighted by atomic mass is 9.90. The Bertz CT molecular complexity index is 665. The summed E-state index contributed by atoms with van der Waals surface area (Å²) in [5, 5.41) is 9.89. The molecule has 1 aromatic rings. The number of carbonyl (C=O) groups excluding carboxylic acids is 2. The topological polar surface area (TPSA) is 93.5 Å². The molecular weight excluding hydrogens is 346 g/mol. The first-order valence-corrected chi connectivity index (χ1v) is 10.0. The first-order valence-electron chi connectivity index (χ1n) is 10.0. The van der Waals surface area contributed by atoms with Crippen LogP contribution >= 0.6 is 0 Å². The van der Waals surface area contributed by atoms with Crippen LogP contribution in [0.15, 0.2) is 10.6 Å². The van der Waals surface area contributed by atoms with Crippen molar-refractivity contribution in [2.75, 3.05) is 6.54 Å². The number of hydrogen-bond acceptors (Lipinski definition) is 5. The van der Waals surface area contributed by atoms with E-state index in [4.69, 9.17) is 9.26 Å². The van der Waals surface area contributed by atoms with Crippen molar-refractivity contribution >= 4 is 12.0 Å². The number of aromatic nitrogens is 1. The van der Waals surface area contributed by atoms with E-state index in [0.29, 0.717) is 18.2 Å². The van der Waals surface area contributed by atoms with Gasteiger partial charge in [0.1, 0.15) is 11.4 Å². The molecule has 27 heavy (non-hydrogen) atoms. The number of nitrogens with one attached hydrogen (secondary N) is 2. The van der Waals surface area contributed by atoms with Crippen LogP contribution in [-0.4, -0.2) is 34.8 Å². The van der Waals surface area contributed by atoms with Gasteiger partial charge in [0, 0.05) is 18.5 Å². The minimum absolute atomic E-state index is 0.264. The van der Waals surface area contributed by atoms with Gasteiger partial charge in [0.05, 0.1) is 5.54 Å². The molecule has 2 amide bonds. The normalized spacial score (nSPS) is 19.8. The Morgan fingerprint density at radius 2 is 1.89 bits per heavy atom. The molecule has 0 spiro atoms. The fourth-order valence-electron chi connectivity index (χ4n) is 3.57. The zero-order valence-electron chi connectivity index (χ0n) is 16.6. The molecule has 2 saturated carbocycles. The molecule has 0 bridgehead atoms. The van der Waals surface area contributed by atoms with Crippen LogP contribution < -0.4 is 10.6 Å². The van der Waals surface area contributed by atoms with Gasteiger partial charge >= 0.3 is 6.09 Å². The molecule has 7 heteroatoms. The van der Waals surface area contributed by atoms with Gasteiger partial charge in [-0.05, 0) is 46.5 Å². The average Bonchev–Trinajstić information content (AvgIpc) is 3.35. The average molecular weight is 377 g/mol. The Balaban J connectivity index is 1.63. The molecule has 2 aliphatic rings. The second kappa shape index (κ2) is 7.90. The molecule has 0 saturated heterocycles. The first-order chi connectivity index (χ1) is 12.8. The van der Waals surface area contributed by atoms with Crippen LogP contribution in [0, 0.1) is 0 Å². The molecule has 2 fully saturated rings. The lowest BCUT2D eigenvalue weighted by Crippen LogP contribution is -2.56. The predicted molar refractivity (Wildman–Crippen MR) is 101 cm³/mol. The van der Waals surface area contributed by atoms with Crippen LogP contribution in [0.2, 0.25) is 0 Å². The van der Waals surface area contributed by atoms with Gasteiger partial charge in [0.15, 0.2) is 5.69 Å². The summed E-state index contributed by atoms with van der Waals surface area (Å²) in [7, 11) is 0. The molecule has 2 N–H and O–H groups in total. The third kappa shape index (κ3) is 5.71. The first kappa shape index (κ1) is 19.7. The van der Waals surface area contributed by atoms with Crippen molar-refractivity contribution in [2.24, 2.45) is 0 Å². The Morgan fingerprint density at radius 1 is 1.22 bits per heavy atom. The molecule has 0 aliphatic heterocycles. The zero-order valence-corrected chi connectivity index (χ0v) is 16.6. The maximum atomic E-state index is 12.5. The summed E-state index contributed by atoms with van der Waals surface area (Å²) < 4.78 is 10.7. The largest absolute Gasteiger partial charge is 0.444 e. The third-order valence-electron chi connectivity index (χ3n) is 5.15. The Hall–Kier alpha value is -2.05. The molecule has 1 heterocycles. The monoisotopic (exact) mass is 377 g/mol. The van der Waals surface area contributed by atoms with Gasteiger partial charge in [-0.1, -0.05) is 30.8 Å². The van der Waals surface area contributed by atoms with Crippen molar-refractivity contribution in [3.05, 3.63) is 17.5 Å². The molecule has 0 unspecified atom stereocenters. The molecule has 0 radical (unpaired) electrons. The molecule has 2 aliphatic carbocycles. The van der Waals surface area contributed by atoms with Crippen molar-refractivity contribution in [3.8, 4) is 0 Å². The number of amides is 2. The van der Waals surface area contributed by atoms with E-state index in [9.17, 15) is 9.59 Å². The second-order valence-corrected chi connectivity index (χ2v) is 8.89.